The highest BCUT2D eigenvalue weighted by Gasteiger charge is 2.20. The van der Waals surface area contributed by atoms with Crippen LogP contribution in [0.5, 0.6) is 11.5 Å². The Labute approximate surface area is 182 Å². The number of nitrogens with zero attached hydrogens (tertiary/aromatic N) is 4. The number of hydrogen-bond donors (Lipinski definition) is 0. The third-order valence-corrected chi connectivity index (χ3v) is 5.53. The third kappa shape index (κ3) is 5.01. The average molecular weight is 417 g/mol. The van der Waals surface area contributed by atoms with Crippen molar-refractivity contribution in [2.24, 2.45) is 0 Å². The van der Waals surface area contributed by atoms with E-state index >= 15 is 0 Å². The summed E-state index contributed by atoms with van der Waals surface area (Å²) >= 11 is 0. The minimum Gasteiger partial charge on any atom is -0.457 e. The van der Waals surface area contributed by atoms with E-state index in [1.807, 2.05) is 36.4 Å². The maximum Gasteiger partial charge on any atom is 0.143 e. The highest BCUT2D eigenvalue weighted by molar-refractivity contribution is 5.67. The van der Waals surface area contributed by atoms with E-state index in [-0.39, 0.29) is 5.82 Å². The molecule has 4 rings (SSSR count). The molecule has 1 aliphatic heterocycles. The fourth-order valence-electron chi connectivity index (χ4n) is 3.73. The van der Waals surface area contributed by atoms with Gasteiger partial charge < -0.3 is 9.64 Å². The Bertz CT molecular complexity index is 1070. The Kier molecular flexibility index (Phi) is 6.15. The summed E-state index contributed by atoms with van der Waals surface area (Å²) in [4.78, 5) is 9.28. The lowest BCUT2D eigenvalue weighted by atomic mass is 10.1. The Balaban J connectivity index is 1.53. The summed E-state index contributed by atoms with van der Waals surface area (Å²) in [6.45, 7) is 8.31. The molecule has 3 aromatic rings. The van der Waals surface area contributed by atoms with Crippen LogP contribution in [0.25, 0.3) is 11.3 Å². The predicted molar refractivity (Wildman–Crippen MR) is 120 cm³/mol. The Morgan fingerprint density at radius 1 is 0.935 bits per heavy atom. The summed E-state index contributed by atoms with van der Waals surface area (Å²) in [7, 11) is 0. The van der Waals surface area contributed by atoms with Gasteiger partial charge in [0.1, 0.15) is 29.1 Å². The number of hydrogen-bond acceptors (Lipinski definition) is 5. The summed E-state index contributed by atoms with van der Waals surface area (Å²) in [5, 5.41) is 9.49. The molecule has 2 heterocycles. The smallest absolute Gasteiger partial charge is 0.143 e. The van der Waals surface area contributed by atoms with Gasteiger partial charge in [-0.05, 0) is 74.5 Å². The molecule has 158 valence electrons. The van der Waals surface area contributed by atoms with Crippen LogP contribution in [-0.2, 0) is 0 Å². The molecule has 0 N–H and O–H groups in total. The van der Waals surface area contributed by atoms with Crippen LogP contribution in [0.1, 0.15) is 19.5 Å². The van der Waals surface area contributed by atoms with Gasteiger partial charge in [0, 0.05) is 43.5 Å². The Morgan fingerprint density at radius 3 is 2.13 bits per heavy atom. The molecule has 0 bridgehead atoms. The molecule has 0 atom stereocenters. The van der Waals surface area contributed by atoms with E-state index in [0.29, 0.717) is 23.2 Å². The van der Waals surface area contributed by atoms with Gasteiger partial charge in [-0.15, -0.1) is 0 Å². The van der Waals surface area contributed by atoms with Gasteiger partial charge in [-0.2, -0.15) is 5.26 Å². The molecule has 0 amide bonds. The lowest BCUT2D eigenvalue weighted by Crippen LogP contribution is -2.48. The molecule has 1 fully saturated rings. The van der Waals surface area contributed by atoms with Gasteiger partial charge in [-0.3, -0.25) is 4.90 Å². The second kappa shape index (κ2) is 9.15. The lowest BCUT2D eigenvalue weighted by molar-refractivity contribution is 0.209. The van der Waals surface area contributed by atoms with Crippen LogP contribution in [-0.4, -0.2) is 42.1 Å². The van der Waals surface area contributed by atoms with Crippen molar-refractivity contribution in [1.82, 2.24) is 9.88 Å². The zero-order valence-corrected chi connectivity index (χ0v) is 17.8. The van der Waals surface area contributed by atoms with Crippen LogP contribution in [0, 0.1) is 17.1 Å². The van der Waals surface area contributed by atoms with Gasteiger partial charge in [-0.25, -0.2) is 9.37 Å². The lowest BCUT2D eigenvalue weighted by Gasteiger charge is -2.38. The number of anilines is 1. The van der Waals surface area contributed by atoms with Crippen molar-refractivity contribution in [3.63, 3.8) is 0 Å². The molecule has 0 radical (unpaired) electrons. The van der Waals surface area contributed by atoms with Crippen LogP contribution in [0.3, 0.4) is 0 Å². The first-order chi connectivity index (χ1) is 15.0. The van der Waals surface area contributed by atoms with Crippen LogP contribution < -0.4 is 9.64 Å². The number of halogens is 1. The Morgan fingerprint density at radius 2 is 1.55 bits per heavy atom. The number of ether oxygens (including phenoxy) is 1. The first-order valence-corrected chi connectivity index (χ1v) is 10.5. The van der Waals surface area contributed by atoms with Gasteiger partial charge in [-0.1, -0.05) is 0 Å². The van der Waals surface area contributed by atoms with Crippen molar-refractivity contribution in [2.45, 2.75) is 19.9 Å². The highest BCUT2D eigenvalue weighted by Crippen LogP contribution is 2.28. The largest absolute Gasteiger partial charge is 0.457 e. The van der Waals surface area contributed by atoms with E-state index in [2.05, 4.69) is 34.7 Å². The molecule has 31 heavy (non-hydrogen) atoms. The van der Waals surface area contributed by atoms with E-state index in [9.17, 15) is 9.65 Å². The average Bonchev–Trinajstić information content (AvgIpc) is 2.81. The third-order valence-electron chi connectivity index (χ3n) is 5.53. The topological polar surface area (TPSA) is 52.4 Å². The van der Waals surface area contributed by atoms with Crippen LogP contribution in [0.4, 0.5) is 10.1 Å². The van der Waals surface area contributed by atoms with E-state index in [0.717, 1.165) is 43.1 Å². The number of pyridine rings is 1. The van der Waals surface area contributed by atoms with Crippen LogP contribution in [0.2, 0.25) is 0 Å². The summed E-state index contributed by atoms with van der Waals surface area (Å²) in [5.41, 5.74) is 3.10. The SMILES string of the molecule is CC(C)N1CCN(c2cc(C#N)nc(-c3ccc(Oc4ccc(F)cc4)cc3)c2)CC1. The van der Waals surface area contributed by atoms with Crippen molar-refractivity contribution < 1.29 is 9.13 Å². The molecule has 1 aromatic heterocycles. The summed E-state index contributed by atoms with van der Waals surface area (Å²) in [5.74, 6) is 0.922. The standard InChI is InChI=1S/C25H25FN4O/c1-18(2)29-11-13-30(14-12-29)22-15-21(17-27)28-25(16-22)19-3-7-23(8-4-19)31-24-9-5-20(26)6-10-24/h3-10,15-16,18H,11-14H2,1-2H3. The maximum atomic E-state index is 13.1. The molecule has 0 saturated carbocycles. The van der Waals surface area contributed by atoms with E-state index in [4.69, 9.17) is 4.74 Å². The zero-order chi connectivity index (χ0) is 21.8. The highest BCUT2D eigenvalue weighted by atomic mass is 19.1. The van der Waals surface area contributed by atoms with Crippen molar-refractivity contribution in [2.75, 3.05) is 31.1 Å². The second-order valence-electron chi connectivity index (χ2n) is 7.90. The molecule has 0 unspecified atom stereocenters. The van der Waals surface area contributed by atoms with Crippen molar-refractivity contribution in [3.8, 4) is 28.8 Å². The zero-order valence-electron chi connectivity index (χ0n) is 17.8. The first kappa shape index (κ1) is 20.8. The van der Waals surface area contributed by atoms with Gasteiger partial charge >= 0.3 is 0 Å². The fraction of sp³-hybridized carbons (Fsp3) is 0.280. The van der Waals surface area contributed by atoms with Crippen LogP contribution >= 0.6 is 0 Å². The second-order valence-corrected chi connectivity index (χ2v) is 7.90. The first-order valence-electron chi connectivity index (χ1n) is 10.5. The van der Waals surface area contributed by atoms with Gasteiger partial charge in [0.25, 0.3) is 0 Å². The number of aromatic nitrogens is 1. The molecule has 1 aliphatic rings. The molecule has 1 saturated heterocycles. The summed E-state index contributed by atoms with van der Waals surface area (Å²) in [6.07, 6.45) is 0. The van der Waals surface area contributed by atoms with Gasteiger partial charge in [0.2, 0.25) is 0 Å². The van der Waals surface area contributed by atoms with Crippen molar-refractivity contribution in [1.29, 1.82) is 5.26 Å². The molecule has 5 nitrogen and oxygen atoms in total. The quantitative estimate of drug-likeness (QED) is 0.580. The molecular formula is C25H25FN4O. The van der Waals surface area contributed by atoms with Crippen molar-refractivity contribution >= 4 is 5.69 Å². The van der Waals surface area contributed by atoms with E-state index < -0.39 is 0 Å². The Hall–Kier alpha value is -3.43. The number of rotatable bonds is 5. The van der Waals surface area contributed by atoms with Crippen molar-refractivity contribution in [3.05, 3.63) is 72.2 Å². The van der Waals surface area contributed by atoms with E-state index in [1.165, 1.54) is 12.1 Å². The summed E-state index contributed by atoms with van der Waals surface area (Å²) in [6, 6.07) is 20.1. The minimum atomic E-state index is -0.299. The minimum absolute atomic E-state index is 0.299. The maximum absolute atomic E-state index is 13.1. The molecular weight excluding hydrogens is 391 g/mol. The number of nitriles is 1. The molecule has 0 aliphatic carbocycles. The van der Waals surface area contributed by atoms with Gasteiger partial charge in [0.05, 0.1) is 5.69 Å². The monoisotopic (exact) mass is 416 g/mol. The predicted octanol–water partition coefficient (Wildman–Crippen LogP) is 5.08. The van der Waals surface area contributed by atoms with Crippen LogP contribution in [0.15, 0.2) is 60.7 Å². The summed E-state index contributed by atoms with van der Waals surface area (Å²) < 4.78 is 18.8. The normalized spacial score (nSPS) is 14.5. The molecule has 2 aromatic carbocycles. The fourth-order valence-corrected chi connectivity index (χ4v) is 3.73. The van der Waals surface area contributed by atoms with E-state index in [1.54, 1.807) is 12.1 Å². The number of benzene rings is 2. The molecule has 6 heteroatoms. The van der Waals surface area contributed by atoms with Gasteiger partial charge in [0.15, 0.2) is 0 Å². The molecule has 0 spiro atoms. The number of piperazine rings is 1.